The van der Waals surface area contributed by atoms with Crippen LogP contribution in [0.25, 0.3) is 0 Å². The number of hydrogen-bond acceptors (Lipinski definition) is 3. The molecule has 2 bridgehead atoms. The molecular formula is C23H21ClN2O3. The molecule has 3 amide bonds. The molecule has 3 aliphatic rings. The number of carbonyl (C=O) groups is 3. The number of benzene rings is 2. The summed E-state index contributed by atoms with van der Waals surface area (Å²) in [5.41, 5.74) is 2.56. The number of imide groups is 1. The van der Waals surface area contributed by atoms with E-state index in [1.54, 1.807) is 36.4 Å². The fraction of sp³-hybridized carbons (Fsp3) is 0.348. The molecule has 0 aromatic heterocycles. The van der Waals surface area contributed by atoms with Crippen LogP contribution in [0.1, 0.15) is 35.2 Å². The van der Waals surface area contributed by atoms with Gasteiger partial charge in [-0.1, -0.05) is 17.7 Å². The van der Waals surface area contributed by atoms with Crippen molar-refractivity contribution >= 4 is 40.7 Å². The molecule has 6 heteroatoms. The molecule has 5 nitrogen and oxygen atoms in total. The minimum atomic E-state index is -0.268. The summed E-state index contributed by atoms with van der Waals surface area (Å²) in [4.78, 5) is 39.8. The molecule has 5 rings (SSSR count). The number of nitrogens with zero attached hydrogens (tertiary/aromatic N) is 1. The normalized spacial score (nSPS) is 27.4. The van der Waals surface area contributed by atoms with Crippen LogP contribution in [-0.2, 0) is 9.59 Å². The van der Waals surface area contributed by atoms with Crippen molar-refractivity contribution < 1.29 is 14.4 Å². The number of anilines is 2. The molecule has 29 heavy (non-hydrogen) atoms. The van der Waals surface area contributed by atoms with E-state index < -0.39 is 0 Å². The van der Waals surface area contributed by atoms with Crippen LogP contribution in [0.15, 0.2) is 42.5 Å². The first kappa shape index (κ1) is 18.4. The number of aryl methyl sites for hydroxylation is 1. The van der Waals surface area contributed by atoms with E-state index in [0.717, 1.165) is 24.8 Å². The molecule has 3 fully saturated rings. The van der Waals surface area contributed by atoms with Gasteiger partial charge in [-0.2, -0.15) is 0 Å². The third kappa shape index (κ3) is 2.87. The molecule has 2 saturated carbocycles. The molecule has 1 heterocycles. The van der Waals surface area contributed by atoms with Crippen LogP contribution >= 0.6 is 11.6 Å². The molecule has 148 valence electrons. The lowest BCUT2D eigenvalue weighted by Crippen LogP contribution is -2.32. The van der Waals surface area contributed by atoms with Crippen LogP contribution in [0.4, 0.5) is 11.4 Å². The number of rotatable bonds is 3. The zero-order chi connectivity index (χ0) is 20.3. The molecule has 2 aliphatic carbocycles. The summed E-state index contributed by atoms with van der Waals surface area (Å²) in [6.07, 6.45) is 3.13. The Morgan fingerprint density at radius 3 is 2.24 bits per heavy atom. The Morgan fingerprint density at radius 2 is 1.62 bits per heavy atom. The second-order valence-electron chi connectivity index (χ2n) is 8.36. The maximum absolute atomic E-state index is 12.9. The monoisotopic (exact) mass is 408 g/mol. The SMILES string of the molecule is Cc1ccc(Cl)cc1NC(=O)c1ccc(N2C(=O)[C@H]3[C@@H]4CC[C@H](C4)[C@@H]3C2=O)cc1. The summed E-state index contributed by atoms with van der Waals surface area (Å²) in [5, 5.41) is 3.40. The van der Waals surface area contributed by atoms with Crippen LogP contribution in [-0.4, -0.2) is 17.7 Å². The molecule has 0 spiro atoms. The second-order valence-corrected chi connectivity index (χ2v) is 8.79. The highest BCUT2D eigenvalue weighted by molar-refractivity contribution is 6.31. The van der Waals surface area contributed by atoms with E-state index in [9.17, 15) is 14.4 Å². The van der Waals surface area contributed by atoms with Crippen molar-refractivity contribution in [1.82, 2.24) is 0 Å². The van der Waals surface area contributed by atoms with Gasteiger partial charge in [-0.25, -0.2) is 0 Å². The number of halogens is 1. The summed E-state index contributed by atoms with van der Waals surface area (Å²) in [5.74, 6) is 0.0220. The second kappa shape index (κ2) is 6.70. The smallest absolute Gasteiger partial charge is 0.255 e. The van der Waals surface area contributed by atoms with Crippen molar-refractivity contribution in [3.8, 4) is 0 Å². The maximum atomic E-state index is 12.9. The summed E-state index contributed by atoms with van der Waals surface area (Å²) < 4.78 is 0. The zero-order valence-corrected chi connectivity index (χ0v) is 16.8. The van der Waals surface area contributed by atoms with Gasteiger partial charge in [0.1, 0.15) is 0 Å². The van der Waals surface area contributed by atoms with Crippen LogP contribution in [0, 0.1) is 30.6 Å². The summed E-state index contributed by atoms with van der Waals surface area (Å²) in [6.45, 7) is 1.89. The molecular weight excluding hydrogens is 388 g/mol. The van der Waals surface area contributed by atoms with Crippen LogP contribution in [0.2, 0.25) is 5.02 Å². The van der Waals surface area contributed by atoms with E-state index in [2.05, 4.69) is 5.32 Å². The highest BCUT2D eigenvalue weighted by Crippen LogP contribution is 2.56. The van der Waals surface area contributed by atoms with Gasteiger partial charge in [0, 0.05) is 16.3 Å². The van der Waals surface area contributed by atoms with Crippen molar-refractivity contribution in [2.75, 3.05) is 10.2 Å². The fourth-order valence-electron chi connectivity index (χ4n) is 5.35. The van der Waals surface area contributed by atoms with Gasteiger partial charge in [0.15, 0.2) is 0 Å². The molecule has 2 aromatic carbocycles. The number of nitrogens with one attached hydrogen (secondary N) is 1. The summed E-state index contributed by atoms with van der Waals surface area (Å²) in [7, 11) is 0. The van der Waals surface area contributed by atoms with Crippen LogP contribution in [0.5, 0.6) is 0 Å². The van der Waals surface area contributed by atoms with E-state index in [1.165, 1.54) is 4.90 Å². The molecule has 0 unspecified atom stereocenters. The van der Waals surface area contributed by atoms with Crippen molar-refractivity contribution in [2.45, 2.75) is 26.2 Å². The fourth-order valence-corrected chi connectivity index (χ4v) is 5.52. The predicted octanol–water partition coefficient (Wildman–Crippen LogP) is 4.44. The van der Waals surface area contributed by atoms with Gasteiger partial charge in [-0.05, 0) is 80.0 Å². The molecule has 4 atom stereocenters. The van der Waals surface area contributed by atoms with Crippen molar-refractivity contribution in [1.29, 1.82) is 0 Å². The third-order valence-corrected chi connectivity index (χ3v) is 7.00. The Labute approximate surface area is 174 Å². The van der Waals surface area contributed by atoms with Gasteiger partial charge in [0.2, 0.25) is 11.8 Å². The van der Waals surface area contributed by atoms with E-state index in [0.29, 0.717) is 33.8 Å². The quantitative estimate of drug-likeness (QED) is 0.763. The number of fused-ring (bicyclic) bond motifs is 5. The first-order valence-corrected chi connectivity index (χ1v) is 10.4. The number of hydrogen-bond donors (Lipinski definition) is 1. The first-order valence-electron chi connectivity index (χ1n) is 9.99. The van der Waals surface area contributed by atoms with E-state index in [4.69, 9.17) is 11.6 Å². The predicted molar refractivity (Wildman–Crippen MR) is 111 cm³/mol. The summed E-state index contributed by atoms with van der Waals surface area (Å²) >= 11 is 6.01. The highest BCUT2D eigenvalue weighted by Gasteiger charge is 2.61. The van der Waals surface area contributed by atoms with Gasteiger partial charge in [0.25, 0.3) is 5.91 Å². The topological polar surface area (TPSA) is 66.5 Å². The van der Waals surface area contributed by atoms with Gasteiger partial charge in [-0.3, -0.25) is 19.3 Å². The lowest BCUT2D eigenvalue weighted by Gasteiger charge is -2.19. The molecule has 0 radical (unpaired) electrons. The molecule has 2 aromatic rings. The van der Waals surface area contributed by atoms with Crippen molar-refractivity contribution in [3.63, 3.8) is 0 Å². The Kier molecular flexibility index (Phi) is 4.24. The Balaban J connectivity index is 1.35. The highest BCUT2D eigenvalue weighted by atomic mass is 35.5. The van der Waals surface area contributed by atoms with Crippen molar-refractivity contribution in [3.05, 3.63) is 58.6 Å². The minimum absolute atomic E-state index is 0.0704. The van der Waals surface area contributed by atoms with Crippen LogP contribution in [0.3, 0.4) is 0 Å². The molecule has 1 aliphatic heterocycles. The molecule has 1 saturated heterocycles. The zero-order valence-electron chi connectivity index (χ0n) is 16.0. The average molecular weight is 409 g/mol. The van der Waals surface area contributed by atoms with Crippen molar-refractivity contribution in [2.24, 2.45) is 23.7 Å². The number of amides is 3. The van der Waals surface area contributed by atoms with E-state index in [1.807, 2.05) is 13.0 Å². The van der Waals surface area contributed by atoms with Gasteiger partial charge < -0.3 is 5.32 Å². The summed E-state index contributed by atoms with van der Waals surface area (Å²) in [6, 6.07) is 12.0. The third-order valence-electron chi connectivity index (χ3n) is 6.76. The van der Waals surface area contributed by atoms with E-state index >= 15 is 0 Å². The van der Waals surface area contributed by atoms with Crippen LogP contribution < -0.4 is 10.2 Å². The lowest BCUT2D eigenvalue weighted by atomic mass is 9.81. The minimum Gasteiger partial charge on any atom is -0.322 e. The average Bonchev–Trinajstić information content (AvgIpc) is 3.39. The standard InChI is InChI=1S/C23H21ClN2O3/c1-12-2-7-16(24)11-18(12)25-21(27)13-5-8-17(9-6-13)26-22(28)19-14-3-4-15(10-14)20(19)23(26)29/h2,5-9,11,14-15,19-20H,3-4,10H2,1H3,(H,25,27)/t14-,15-,19+,20+/m1/s1. The first-order chi connectivity index (χ1) is 13.9. The van der Waals surface area contributed by atoms with Gasteiger partial charge in [-0.15, -0.1) is 0 Å². The van der Waals surface area contributed by atoms with Gasteiger partial charge >= 0.3 is 0 Å². The lowest BCUT2D eigenvalue weighted by molar-refractivity contribution is -0.123. The Morgan fingerprint density at radius 1 is 1.00 bits per heavy atom. The van der Waals surface area contributed by atoms with Gasteiger partial charge in [0.05, 0.1) is 17.5 Å². The molecule has 1 N–H and O–H groups in total. The van der Waals surface area contributed by atoms with E-state index in [-0.39, 0.29) is 29.6 Å². The maximum Gasteiger partial charge on any atom is 0.255 e. The Bertz CT molecular complexity index is 1000. The number of carbonyl (C=O) groups excluding carboxylic acids is 3. The Hall–Kier alpha value is -2.66. The largest absolute Gasteiger partial charge is 0.322 e.